The van der Waals surface area contributed by atoms with Gasteiger partial charge in [-0.1, -0.05) is 13.3 Å². The van der Waals surface area contributed by atoms with Gasteiger partial charge in [0.05, 0.1) is 6.10 Å². The number of aliphatic hydroxyl groups excluding tert-OH is 1. The Hall–Kier alpha value is -0.770. The first kappa shape index (κ1) is 11.2. The molecule has 0 aromatic heterocycles. The SMILES string of the molecule is CCCCNC(=O)NCC(C)O. The molecule has 3 N–H and O–H groups in total. The number of nitrogens with one attached hydrogen (secondary N) is 2. The van der Waals surface area contributed by atoms with Crippen molar-refractivity contribution in [3.8, 4) is 0 Å². The lowest BCUT2D eigenvalue weighted by atomic mass is 10.3. The molecular weight excluding hydrogens is 156 g/mol. The number of carbonyl (C=O) groups is 1. The van der Waals surface area contributed by atoms with Crippen LogP contribution in [0.3, 0.4) is 0 Å². The molecule has 0 heterocycles. The summed E-state index contributed by atoms with van der Waals surface area (Å²) in [6, 6.07) is -0.204. The zero-order valence-corrected chi connectivity index (χ0v) is 7.76. The van der Waals surface area contributed by atoms with Crippen molar-refractivity contribution in [1.29, 1.82) is 0 Å². The molecule has 0 aliphatic carbocycles. The van der Waals surface area contributed by atoms with Crippen molar-refractivity contribution >= 4 is 6.03 Å². The van der Waals surface area contributed by atoms with E-state index in [1.54, 1.807) is 6.92 Å². The van der Waals surface area contributed by atoms with Crippen molar-refractivity contribution in [3.63, 3.8) is 0 Å². The van der Waals surface area contributed by atoms with Gasteiger partial charge in [0, 0.05) is 13.1 Å². The average Bonchev–Trinajstić information content (AvgIpc) is 2.01. The molecule has 4 heteroatoms. The first-order valence-corrected chi connectivity index (χ1v) is 4.36. The van der Waals surface area contributed by atoms with E-state index in [1.807, 2.05) is 0 Å². The first-order chi connectivity index (χ1) is 5.66. The number of hydrogen-bond acceptors (Lipinski definition) is 2. The molecule has 12 heavy (non-hydrogen) atoms. The predicted molar refractivity (Wildman–Crippen MR) is 48.0 cm³/mol. The van der Waals surface area contributed by atoms with Crippen LogP contribution in [0.1, 0.15) is 26.7 Å². The fourth-order valence-electron chi connectivity index (χ4n) is 0.682. The Balaban J connectivity index is 3.22. The normalized spacial score (nSPS) is 12.2. The molecule has 0 saturated carbocycles. The highest BCUT2D eigenvalue weighted by Gasteiger charge is 1.99. The van der Waals surface area contributed by atoms with E-state index < -0.39 is 6.10 Å². The molecule has 2 amide bonds. The fourth-order valence-corrected chi connectivity index (χ4v) is 0.682. The van der Waals surface area contributed by atoms with E-state index in [-0.39, 0.29) is 6.03 Å². The zero-order valence-electron chi connectivity index (χ0n) is 7.76. The Kier molecular flexibility index (Phi) is 6.47. The van der Waals surface area contributed by atoms with Gasteiger partial charge in [0.1, 0.15) is 0 Å². The van der Waals surface area contributed by atoms with Crippen LogP contribution in [0.4, 0.5) is 4.79 Å². The number of urea groups is 1. The number of amides is 2. The second-order valence-electron chi connectivity index (χ2n) is 2.84. The van der Waals surface area contributed by atoms with Gasteiger partial charge in [-0.25, -0.2) is 4.79 Å². The van der Waals surface area contributed by atoms with E-state index in [0.717, 1.165) is 12.8 Å². The summed E-state index contributed by atoms with van der Waals surface area (Å²) in [5.41, 5.74) is 0. The van der Waals surface area contributed by atoms with Crippen molar-refractivity contribution in [2.45, 2.75) is 32.8 Å². The Morgan fingerprint density at radius 3 is 2.67 bits per heavy atom. The summed E-state index contributed by atoms with van der Waals surface area (Å²) in [6.45, 7) is 4.70. The summed E-state index contributed by atoms with van der Waals surface area (Å²) in [4.78, 5) is 10.9. The quantitative estimate of drug-likeness (QED) is 0.530. The highest BCUT2D eigenvalue weighted by molar-refractivity contribution is 5.73. The maximum Gasteiger partial charge on any atom is 0.314 e. The Morgan fingerprint density at radius 1 is 1.50 bits per heavy atom. The van der Waals surface area contributed by atoms with Crippen LogP contribution in [-0.4, -0.2) is 30.3 Å². The molecule has 0 saturated heterocycles. The Bertz CT molecular complexity index is 126. The van der Waals surface area contributed by atoms with Gasteiger partial charge < -0.3 is 15.7 Å². The summed E-state index contributed by atoms with van der Waals surface area (Å²) in [7, 11) is 0. The van der Waals surface area contributed by atoms with Crippen molar-refractivity contribution in [1.82, 2.24) is 10.6 Å². The van der Waals surface area contributed by atoms with Crippen LogP contribution < -0.4 is 10.6 Å². The lowest BCUT2D eigenvalue weighted by Crippen LogP contribution is -2.39. The molecule has 1 unspecified atom stereocenters. The third kappa shape index (κ3) is 7.34. The molecule has 72 valence electrons. The number of hydrogen-bond donors (Lipinski definition) is 3. The van der Waals surface area contributed by atoms with E-state index in [9.17, 15) is 4.79 Å². The minimum absolute atomic E-state index is 0.204. The molecule has 1 atom stereocenters. The second kappa shape index (κ2) is 6.91. The van der Waals surface area contributed by atoms with Crippen molar-refractivity contribution in [3.05, 3.63) is 0 Å². The first-order valence-electron chi connectivity index (χ1n) is 4.36. The summed E-state index contributed by atoms with van der Waals surface area (Å²) in [5, 5.41) is 14.0. The van der Waals surface area contributed by atoms with Crippen molar-refractivity contribution in [2.24, 2.45) is 0 Å². The van der Waals surface area contributed by atoms with Crippen LogP contribution in [0.5, 0.6) is 0 Å². The van der Waals surface area contributed by atoms with Gasteiger partial charge in [0.2, 0.25) is 0 Å². The number of rotatable bonds is 5. The van der Waals surface area contributed by atoms with Gasteiger partial charge in [0.15, 0.2) is 0 Å². The predicted octanol–water partition coefficient (Wildman–Crippen LogP) is 0.466. The van der Waals surface area contributed by atoms with Gasteiger partial charge in [-0.3, -0.25) is 0 Å². The number of carbonyl (C=O) groups excluding carboxylic acids is 1. The van der Waals surface area contributed by atoms with E-state index in [4.69, 9.17) is 5.11 Å². The molecule has 0 bridgehead atoms. The minimum atomic E-state index is -0.484. The number of aliphatic hydroxyl groups is 1. The maximum absolute atomic E-state index is 10.9. The third-order valence-electron chi connectivity index (χ3n) is 1.37. The van der Waals surface area contributed by atoms with Crippen LogP contribution >= 0.6 is 0 Å². The van der Waals surface area contributed by atoms with Crippen molar-refractivity contribution < 1.29 is 9.90 Å². The van der Waals surface area contributed by atoms with Gasteiger partial charge >= 0.3 is 6.03 Å². The molecule has 0 radical (unpaired) electrons. The smallest absolute Gasteiger partial charge is 0.314 e. The minimum Gasteiger partial charge on any atom is -0.392 e. The molecule has 0 rings (SSSR count). The largest absolute Gasteiger partial charge is 0.392 e. The summed E-state index contributed by atoms with van der Waals surface area (Å²) in [5.74, 6) is 0. The molecule has 0 aromatic rings. The summed E-state index contributed by atoms with van der Waals surface area (Å²) < 4.78 is 0. The highest BCUT2D eigenvalue weighted by atomic mass is 16.3. The monoisotopic (exact) mass is 174 g/mol. The fraction of sp³-hybridized carbons (Fsp3) is 0.875. The van der Waals surface area contributed by atoms with Crippen LogP contribution in [0.2, 0.25) is 0 Å². The zero-order chi connectivity index (χ0) is 9.40. The van der Waals surface area contributed by atoms with Crippen LogP contribution in [-0.2, 0) is 0 Å². The molecular formula is C8H18N2O2. The maximum atomic E-state index is 10.9. The molecule has 0 aliphatic rings. The lowest BCUT2D eigenvalue weighted by molar-refractivity contribution is 0.187. The topological polar surface area (TPSA) is 61.4 Å². The third-order valence-corrected chi connectivity index (χ3v) is 1.37. The Labute approximate surface area is 73.3 Å². The average molecular weight is 174 g/mol. The van der Waals surface area contributed by atoms with Crippen LogP contribution in [0, 0.1) is 0 Å². The summed E-state index contributed by atoms with van der Waals surface area (Å²) >= 11 is 0. The van der Waals surface area contributed by atoms with Crippen LogP contribution in [0.15, 0.2) is 0 Å². The molecule has 0 aromatic carbocycles. The molecule has 0 aliphatic heterocycles. The molecule has 0 fully saturated rings. The van der Waals surface area contributed by atoms with E-state index in [2.05, 4.69) is 17.6 Å². The highest BCUT2D eigenvalue weighted by Crippen LogP contribution is 1.82. The standard InChI is InChI=1S/C8H18N2O2/c1-3-4-5-9-8(12)10-6-7(2)11/h7,11H,3-6H2,1-2H3,(H2,9,10,12). The van der Waals surface area contributed by atoms with E-state index >= 15 is 0 Å². The van der Waals surface area contributed by atoms with Gasteiger partial charge in [-0.15, -0.1) is 0 Å². The molecule has 4 nitrogen and oxygen atoms in total. The molecule has 0 spiro atoms. The van der Waals surface area contributed by atoms with Crippen LogP contribution in [0.25, 0.3) is 0 Å². The lowest BCUT2D eigenvalue weighted by Gasteiger charge is -2.07. The number of unbranched alkanes of at least 4 members (excludes halogenated alkanes) is 1. The van der Waals surface area contributed by atoms with E-state index in [0.29, 0.717) is 13.1 Å². The summed E-state index contributed by atoms with van der Waals surface area (Å²) in [6.07, 6.45) is 1.57. The van der Waals surface area contributed by atoms with E-state index in [1.165, 1.54) is 0 Å². The van der Waals surface area contributed by atoms with Gasteiger partial charge in [-0.05, 0) is 13.3 Å². The van der Waals surface area contributed by atoms with Gasteiger partial charge in [-0.2, -0.15) is 0 Å². The second-order valence-corrected chi connectivity index (χ2v) is 2.84. The van der Waals surface area contributed by atoms with Crippen molar-refractivity contribution in [2.75, 3.05) is 13.1 Å². The van der Waals surface area contributed by atoms with Gasteiger partial charge in [0.25, 0.3) is 0 Å². The Morgan fingerprint density at radius 2 is 2.17 bits per heavy atom.